The van der Waals surface area contributed by atoms with Gasteiger partial charge in [0.25, 0.3) is 5.91 Å². The quantitative estimate of drug-likeness (QED) is 0.843. The molecule has 1 aliphatic heterocycles. The van der Waals surface area contributed by atoms with Crippen LogP contribution in [0.3, 0.4) is 0 Å². The van der Waals surface area contributed by atoms with Gasteiger partial charge in [-0.2, -0.15) is 0 Å². The Morgan fingerprint density at radius 1 is 1.43 bits per heavy atom. The number of carbonyl (C=O) groups is 2. The highest BCUT2D eigenvalue weighted by molar-refractivity contribution is 5.78. The first kappa shape index (κ1) is 17.1. The van der Waals surface area contributed by atoms with Crippen molar-refractivity contribution in [2.24, 2.45) is 0 Å². The average Bonchev–Trinajstić information content (AvgIpc) is 2.52. The Labute approximate surface area is 134 Å². The van der Waals surface area contributed by atoms with Gasteiger partial charge in [-0.3, -0.25) is 9.59 Å². The number of benzene rings is 1. The van der Waals surface area contributed by atoms with Gasteiger partial charge in [0.05, 0.1) is 26.2 Å². The minimum absolute atomic E-state index is 0.0917. The predicted octanol–water partition coefficient (Wildman–Crippen LogP) is 1.08. The van der Waals surface area contributed by atoms with Gasteiger partial charge in [0.15, 0.2) is 6.61 Å². The lowest BCUT2D eigenvalue weighted by atomic mass is 10.2. The molecule has 1 amide bonds. The Kier molecular flexibility index (Phi) is 5.81. The molecule has 1 atom stereocenters. The highest BCUT2D eigenvalue weighted by Crippen LogP contribution is 2.23. The number of rotatable bonds is 6. The van der Waals surface area contributed by atoms with Crippen molar-refractivity contribution < 1.29 is 28.9 Å². The van der Waals surface area contributed by atoms with Crippen molar-refractivity contribution in [1.82, 2.24) is 4.90 Å². The van der Waals surface area contributed by atoms with Crippen LogP contribution in [0.4, 0.5) is 0 Å². The third-order valence-electron chi connectivity index (χ3n) is 3.62. The summed E-state index contributed by atoms with van der Waals surface area (Å²) in [5, 5.41) is 8.79. The summed E-state index contributed by atoms with van der Waals surface area (Å²) in [7, 11) is 1.60. The summed E-state index contributed by atoms with van der Waals surface area (Å²) in [5.74, 6) is 0.229. The molecule has 0 aliphatic carbocycles. The minimum atomic E-state index is -0.936. The van der Waals surface area contributed by atoms with Crippen LogP contribution < -0.4 is 9.47 Å². The average molecular weight is 323 g/mol. The number of aliphatic carboxylic acids is 1. The number of carboxylic acid groups (broad SMARTS) is 1. The van der Waals surface area contributed by atoms with E-state index in [-0.39, 0.29) is 25.5 Å². The lowest BCUT2D eigenvalue weighted by molar-refractivity contribution is -0.148. The summed E-state index contributed by atoms with van der Waals surface area (Å²) in [4.78, 5) is 24.5. The lowest BCUT2D eigenvalue weighted by Gasteiger charge is -2.32. The van der Waals surface area contributed by atoms with E-state index in [1.165, 1.54) is 0 Å². The molecule has 0 radical (unpaired) electrons. The van der Waals surface area contributed by atoms with Crippen LogP contribution in [-0.2, 0) is 14.3 Å². The van der Waals surface area contributed by atoms with Crippen LogP contribution in [0, 0.1) is 6.92 Å². The Morgan fingerprint density at radius 3 is 2.87 bits per heavy atom. The molecule has 2 rings (SSSR count). The van der Waals surface area contributed by atoms with E-state index in [4.69, 9.17) is 19.3 Å². The molecule has 1 heterocycles. The molecule has 1 fully saturated rings. The van der Waals surface area contributed by atoms with Crippen LogP contribution in [0.15, 0.2) is 18.2 Å². The molecule has 23 heavy (non-hydrogen) atoms. The predicted molar refractivity (Wildman–Crippen MR) is 81.8 cm³/mol. The van der Waals surface area contributed by atoms with E-state index in [2.05, 4.69) is 0 Å². The van der Waals surface area contributed by atoms with Gasteiger partial charge >= 0.3 is 5.97 Å². The summed E-state index contributed by atoms with van der Waals surface area (Å²) in [6.45, 7) is 2.86. The Morgan fingerprint density at radius 2 is 2.22 bits per heavy atom. The summed E-state index contributed by atoms with van der Waals surface area (Å²) in [6, 6.07) is 5.33. The molecular weight excluding hydrogens is 302 g/mol. The summed E-state index contributed by atoms with van der Waals surface area (Å²) in [5.41, 5.74) is 0.922. The van der Waals surface area contributed by atoms with E-state index in [9.17, 15) is 9.59 Å². The van der Waals surface area contributed by atoms with Gasteiger partial charge in [-0.05, 0) is 30.7 Å². The topological polar surface area (TPSA) is 85.3 Å². The fourth-order valence-electron chi connectivity index (χ4n) is 2.44. The van der Waals surface area contributed by atoms with Crippen LogP contribution >= 0.6 is 0 Å². The van der Waals surface area contributed by atoms with Crippen LogP contribution in [0.2, 0.25) is 0 Å². The fourth-order valence-corrected chi connectivity index (χ4v) is 2.44. The Hall–Kier alpha value is -2.28. The number of nitrogens with zero attached hydrogens (tertiary/aromatic N) is 1. The van der Waals surface area contributed by atoms with Crippen LogP contribution in [0.5, 0.6) is 11.5 Å². The number of carboxylic acids is 1. The number of methoxy groups -OCH3 is 1. The number of morpholine rings is 1. The smallest absolute Gasteiger partial charge is 0.306 e. The van der Waals surface area contributed by atoms with Crippen LogP contribution in [-0.4, -0.2) is 61.4 Å². The maximum atomic E-state index is 12.2. The van der Waals surface area contributed by atoms with E-state index in [1.54, 1.807) is 30.2 Å². The van der Waals surface area contributed by atoms with Crippen molar-refractivity contribution in [2.45, 2.75) is 19.4 Å². The van der Waals surface area contributed by atoms with Crippen LogP contribution in [0.1, 0.15) is 12.0 Å². The zero-order chi connectivity index (χ0) is 16.8. The van der Waals surface area contributed by atoms with Gasteiger partial charge in [0, 0.05) is 13.1 Å². The highest BCUT2D eigenvalue weighted by Gasteiger charge is 2.26. The summed E-state index contributed by atoms with van der Waals surface area (Å²) >= 11 is 0. The first-order chi connectivity index (χ1) is 11.0. The van der Waals surface area contributed by atoms with Crippen molar-refractivity contribution in [2.75, 3.05) is 33.4 Å². The zero-order valence-corrected chi connectivity index (χ0v) is 13.3. The Balaban J connectivity index is 1.86. The van der Waals surface area contributed by atoms with E-state index in [1.807, 2.05) is 6.92 Å². The molecule has 7 nitrogen and oxygen atoms in total. The lowest BCUT2D eigenvalue weighted by Crippen LogP contribution is -2.47. The van der Waals surface area contributed by atoms with Gasteiger partial charge in [-0.25, -0.2) is 0 Å². The number of hydrogen-bond donors (Lipinski definition) is 1. The number of hydrogen-bond acceptors (Lipinski definition) is 5. The molecule has 126 valence electrons. The maximum absolute atomic E-state index is 12.2. The summed E-state index contributed by atoms with van der Waals surface area (Å²) < 4.78 is 16.0. The molecular formula is C16H21NO6. The molecule has 1 N–H and O–H groups in total. The van der Waals surface area contributed by atoms with Gasteiger partial charge in [0.2, 0.25) is 0 Å². The van der Waals surface area contributed by atoms with Crippen molar-refractivity contribution in [1.29, 1.82) is 0 Å². The molecule has 1 saturated heterocycles. The van der Waals surface area contributed by atoms with Crippen molar-refractivity contribution in [3.8, 4) is 11.5 Å². The maximum Gasteiger partial charge on any atom is 0.306 e. The fraction of sp³-hybridized carbons (Fsp3) is 0.500. The second-order valence-corrected chi connectivity index (χ2v) is 5.35. The zero-order valence-electron chi connectivity index (χ0n) is 13.3. The largest absolute Gasteiger partial charge is 0.496 e. The normalized spacial score (nSPS) is 17.7. The number of ether oxygens (including phenoxy) is 3. The number of carbonyl (C=O) groups excluding carboxylic acids is 1. The standard InChI is InChI=1S/C16H21NO6/c1-11-7-12(3-4-14(11)21-2)23-10-15(18)17-5-6-22-13(9-17)8-16(19)20/h3-4,7,13H,5-6,8-10H2,1-2H3,(H,19,20). The molecule has 0 aromatic heterocycles. The second-order valence-electron chi connectivity index (χ2n) is 5.35. The second kappa shape index (κ2) is 7.82. The van der Waals surface area contributed by atoms with Gasteiger partial charge in [0.1, 0.15) is 11.5 Å². The molecule has 1 aliphatic rings. The molecule has 0 bridgehead atoms. The van der Waals surface area contributed by atoms with Crippen molar-refractivity contribution in [3.63, 3.8) is 0 Å². The third-order valence-corrected chi connectivity index (χ3v) is 3.62. The molecule has 0 spiro atoms. The Bertz CT molecular complexity index is 574. The monoisotopic (exact) mass is 323 g/mol. The SMILES string of the molecule is COc1ccc(OCC(=O)N2CCOC(CC(=O)O)C2)cc1C. The van der Waals surface area contributed by atoms with Crippen LogP contribution in [0.25, 0.3) is 0 Å². The van der Waals surface area contributed by atoms with Gasteiger partial charge in [-0.1, -0.05) is 0 Å². The molecule has 1 aromatic rings. The number of amides is 1. The first-order valence-electron chi connectivity index (χ1n) is 7.38. The first-order valence-corrected chi connectivity index (χ1v) is 7.38. The summed E-state index contributed by atoms with van der Waals surface area (Å²) in [6.07, 6.45) is -0.573. The number of aryl methyl sites for hydroxylation is 1. The molecule has 1 unspecified atom stereocenters. The minimum Gasteiger partial charge on any atom is -0.496 e. The van der Waals surface area contributed by atoms with Crippen molar-refractivity contribution in [3.05, 3.63) is 23.8 Å². The van der Waals surface area contributed by atoms with Gasteiger partial charge < -0.3 is 24.2 Å². The molecule has 0 saturated carbocycles. The van der Waals surface area contributed by atoms with Crippen molar-refractivity contribution >= 4 is 11.9 Å². The van der Waals surface area contributed by atoms with E-state index >= 15 is 0 Å². The van der Waals surface area contributed by atoms with E-state index < -0.39 is 12.1 Å². The van der Waals surface area contributed by atoms with E-state index in [0.717, 1.165) is 11.3 Å². The molecule has 7 heteroatoms. The van der Waals surface area contributed by atoms with E-state index in [0.29, 0.717) is 18.9 Å². The highest BCUT2D eigenvalue weighted by atomic mass is 16.5. The van der Waals surface area contributed by atoms with Gasteiger partial charge in [-0.15, -0.1) is 0 Å². The molecule has 1 aromatic carbocycles. The third kappa shape index (κ3) is 4.85.